The summed E-state index contributed by atoms with van der Waals surface area (Å²) >= 11 is 1.63. The molecule has 0 aliphatic carbocycles. The van der Waals surface area contributed by atoms with Crippen molar-refractivity contribution in [3.63, 3.8) is 0 Å². The molecule has 0 bridgehead atoms. The molecule has 1 aromatic heterocycles. The number of hydrogen-bond acceptors (Lipinski definition) is 2. The van der Waals surface area contributed by atoms with Gasteiger partial charge in [0.2, 0.25) is 0 Å². The van der Waals surface area contributed by atoms with Gasteiger partial charge in [-0.25, -0.2) is 0 Å². The van der Waals surface area contributed by atoms with Crippen molar-refractivity contribution in [3.05, 3.63) is 24.4 Å². The normalized spacial score (nSPS) is 10.8. The number of aromatic nitrogens is 1. The van der Waals surface area contributed by atoms with Crippen molar-refractivity contribution in [1.82, 2.24) is 4.98 Å². The number of fused-ring (bicyclic) bond motifs is 1. The Balaban J connectivity index is 2.75. The Hall–Kier alpha value is -1.09. The maximum atomic E-state index is 9.53. The van der Waals surface area contributed by atoms with Crippen LogP contribution in [0.15, 0.2) is 29.3 Å². The van der Waals surface area contributed by atoms with E-state index < -0.39 is 0 Å². The van der Waals surface area contributed by atoms with E-state index in [0.717, 1.165) is 15.8 Å². The third-order valence-electron chi connectivity index (χ3n) is 1.85. The first-order chi connectivity index (χ1) is 5.81. The van der Waals surface area contributed by atoms with Crippen LogP contribution in [-0.4, -0.2) is 16.3 Å². The molecule has 0 amide bonds. The summed E-state index contributed by atoms with van der Waals surface area (Å²) < 4.78 is 0. The van der Waals surface area contributed by atoms with Crippen LogP contribution >= 0.6 is 11.8 Å². The first-order valence-corrected chi connectivity index (χ1v) is 4.88. The van der Waals surface area contributed by atoms with Crippen molar-refractivity contribution in [3.8, 4) is 5.75 Å². The van der Waals surface area contributed by atoms with E-state index in [0.29, 0.717) is 5.75 Å². The van der Waals surface area contributed by atoms with Gasteiger partial charge in [0.15, 0.2) is 0 Å². The van der Waals surface area contributed by atoms with Crippen LogP contribution in [0.4, 0.5) is 0 Å². The number of hydrogen-bond donors (Lipinski definition) is 2. The summed E-state index contributed by atoms with van der Waals surface area (Å²) in [5, 5.41) is 10.6. The number of aromatic hydroxyl groups is 1. The summed E-state index contributed by atoms with van der Waals surface area (Å²) in [4.78, 5) is 4.06. The minimum absolute atomic E-state index is 0.321. The second-order valence-electron chi connectivity index (χ2n) is 2.59. The molecule has 62 valence electrons. The molecule has 0 radical (unpaired) electrons. The molecule has 0 unspecified atom stereocenters. The number of phenolic OH excluding ortho intramolecular Hbond substituents is 1. The topological polar surface area (TPSA) is 36.0 Å². The van der Waals surface area contributed by atoms with Crippen LogP contribution in [0.25, 0.3) is 10.9 Å². The fourth-order valence-electron chi connectivity index (χ4n) is 1.24. The number of H-pyrrole nitrogens is 1. The standard InChI is InChI=1S/C9H9NOS/c1-12-7-4-6-2-3-10-9(6)8(11)5-7/h2-5,10-11H,1H3. The fraction of sp³-hybridized carbons (Fsp3) is 0.111. The Morgan fingerprint density at radius 2 is 2.25 bits per heavy atom. The molecule has 0 saturated carbocycles. The second-order valence-corrected chi connectivity index (χ2v) is 3.47. The lowest BCUT2D eigenvalue weighted by Crippen LogP contribution is -1.73. The summed E-state index contributed by atoms with van der Waals surface area (Å²) in [5.74, 6) is 0.321. The maximum absolute atomic E-state index is 9.53. The highest BCUT2D eigenvalue weighted by atomic mass is 32.2. The van der Waals surface area contributed by atoms with Gasteiger partial charge >= 0.3 is 0 Å². The molecule has 0 aliphatic rings. The van der Waals surface area contributed by atoms with E-state index in [9.17, 15) is 5.11 Å². The summed E-state index contributed by atoms with van der Waals surface area (Å²) in [6.07, 6.45) is 3.82. The van der Waals surface area contributed by atoms with Crippen molar-refractivity contribution >= 4 is 22.7 Å². The van der Waals surface area contributed by atoms with Crippen LogP contribution < -0.4 is 0 Å². The van der Waals surface area contributed by atoms with Gasteiger partial charge in [-0.1, -0.05) is 0 Å². The molecule has 2 aromatic rings. The lowest BCUT2D eigenvalue weighted by Gasteiger charge is -1.98. The Bertz CT molecular complexity index is 408. The third-order valence-corrected chi connectivity index (χ3v) is 2.55. The zero-order valence-electron chi connectivity index (χ0n) is 6.66. The summed E-state index contributed by atoms with van der Waals surface area (Å²) in [6.45, 7) is 0. The predicted octanol–water partition coefficient (Wildman–Crippen LogP) is 2.60. The molecule has 0 saturated heterocycles. The van der Waals surface area contributed by atoms with Crippen molar-refractivity contribution in [2.24, 2.45) is 0 Å². The third kappa shape index (κ3) is 1.06. The van der Waals surface area contributed by atoms with Crippen LogP contribution in [0, 0.1) is 0 Å². The van der Waals surface area contributed by atoms with Crippen LogP contribution in [0.1, 0.15) is 0 Å². The minimum Gasteiger partial charge on any atom is -0.506 e. The smallest absolute Gasteiger partial charge is 0.140 e. The van der Waals surface area contributed by atoms with E-state index in [-0.39, 0.29) is 0 Å². The number of aromatic amines is 1. The van der Waals surface area contributed by atoms with E-state index in [4.69, 9.17) is 0 Å². The zero-order chi connectivity index (χ0) is 8.55. The van der Waals surface area contributed by atoms with Gasteiger partial charge in [-0.05, 0) is 24.5 Å². The van der Waals surface area contributed by atoms with Gasteiger partial charge in [0, 0.05) is 16.5 Å². The van der Waals surface area contributed by atoms with Gasteiger partial charge in [-0.3, -0.25) is 0 Å². The Labute approximate surface area is 74.6 Å². The number of phenols is 1. The quantitative estimate of drug-likeness (QED) is 0.660. The molecule has 3 heteroatoms. The lowest BCUT2D eigenvalue weighted by molar-refractivity contribution is 0.479. The monoisotopic (exact) mass is 179 g/mol. The van der Waals surface area contributed by atoms with Gasteiger partial charge in [0.25, 0.3) is 0 Å². The van der Waals surface area contributed by atoms with E-state index in [1.54, 1.807) is 17.8 Å². The second kappa shape index (κ2) is 2.75. The first kappa shape index (κ1) is 7.55. The van der Waals surface area contributed by atoms with E-state index in [1.165, 1.54) is 0 Å². The molecule has 0 spiro atoms. The van der Waals surface area contributed by atoms with Gasteiger partial charge in [-0.2, -0.15) is 0 Å². The zero-order valence-corrected chi connectivity index (χ0v) is 7.48. The predicted molar refractivity (Wildman–Crippen MR) is 51.7 cm³/mol. The van der Waals surface area contributed by atoms with Crippen molar-refractivity contribution in [2.75, 3.05) is 6.26 Å². The van der Waals surface area contributed by atoms with Gasteiger partial charge < -0.3 is 10.1 Å². The molecular formula is C9H9NOS. The number of rotatable bonds is 1. The maximum Gasteiger partial charge on any atom is 0.140 e. The highest BCUT2D eigenvalue weighted by Crippen LogP contribution is 2.28. The molecule has 12 heavy (non-hydrogen) atoms. The summed E-state index contributed by atoms with van der Waals surface area (Å²) in [7, 11) is 0. The molecule has 2 rings (SSSR count). The van der Waals surface area contributed by atoms with Gasteiger partial charge in [0.1, 0.15) is 5.75 Å². The van der Waals surface area contributed by atoms with Crippen molar-refractivity contribution < 1.29 is 5.11 Å². The number of benzene rings is 1. The Morgan fingerprint density at radius 3 is 3.00 bits per heavy atom. The van der Waals surface area contributed by atoms with Crippen molar-refractivity contribution in [1.29, 1.82) is 0 Å². The van der Waals surface area contributed by atoms with Crippen molar-refractivity contribution in [2.45, 2.75) is 4.90 Å². The fourth-order valence-corrected chi connectivity index (χ4v) is 1.72. The van der Waals surface area contributed by atoms with Gasteiger partial charge in [0.05, 0.1) is 5.52 Å². The molecule has 0 aliphatic heterocycles. The summed E-state index contributed by atoms with van der Waals surface area (Å²) in [5.41, 5.74) is 0.813. The molecule has 1 heterocycles. The first-order valence-electron chi connectivity index (χ1n) is 3.65. The highest BCUT2D eigenvalue weighted by Gasteiger charge is 2.02. The van der Waals surface area contributed by atoms with E-state index >= 15 is 0 Å². The van der Waals surface area contributed by atoms with Gasteiger partial charge in [-0.15, -0.1) is 11.8 Å². The SMILES string of the molecule is CSc1cc(O)c2[nH]ccc2c1. The number of nitrogens with one attached hydrogen (secondary N) is 1. The molecule has 0 fully saturated rings. The van der Waals surface area contributed by atoms with Crippen LogP contribution in [0.5, 0.6) is 5.75 Å². The van der Waals surface area contributed by atoms with Crippen LogP contribution in [-0.2, 0) is 0 Å². The van der Waals surface area contributed by atoms with E-state index in [1.807, 2.05) is 18.5 Å². The average Bonchev–Trinajstić information content (AvgIpc) is 2.52. The van der Waals surface area contributed by atoms with Crippen LogP contribution in [0.3, 0.4) is 0 Å². The average molecular weight is 179 g/mol. The molecule has 2 N–H and O–H groups in total. The Morgan fingerprint density at radius 1 is 1.42 bits per heavy atom. The highest BCUT2D eigenvalue weighted by molar-refractivity contribution is 7.98. The van der Waals surface area contributed by atoms with E-state index in [2.05, 4.69) is 11.1 Å². The Kier molecular flexibility index (Phi) is 1.73. The van der Waals surface area contributed by atoms with Crippen LogP contribution in [0.2, 0.25) is 0 Å². The molecule has 1 aromatic carbocycles. The lowest BCUT2D eigenvalue weighted by atomic mass is 10.2. The molecule has 0 atom stereocenters. The minimum atomic E-state index is 0.321. The largest absolute Gasteiger partial charge is 0.506 e. The number of thioether (sulfide) groups is 1. The molecule has 2 nitrogen and oxygen atoms in total. The summed E-state index contributed by atoms with van der Waals surface area (Å²) in [6, 6.07) is 5.77. The molecular weight excluding hydrogens is 170 g/mol.